The maximum Gasteiger partial charge on any atom is 0.344 e. The van der Waals surface area contributed by atoms with Crippen LogP contribution < -0.4 is 0 Å². The summed E-state index contributed by atoms with van der Waals surface area (Å²) in [4.78, 5) is 9.43. The van der Waals surface area contributed by atoms with Crippen LogP contribution in [0.1, 0.15) is 40.0 Å². The van der Waals surface area contributed by atoms with Gasteiger partial charge in [0.2, 0.25) is 0 Å². The maximum atomic E-state index is 11.5. The highest BCUT2D eigenvalue weighted by Gasteiger charge is 2.21. The lowest BCUT2D eigenvalue weighted by atomic mass is 10.4. The molecule has 0 aliphatic carbocycles. The quantitative estimate of drug-likeness (QED) is 0.507. The Balaban J connectivity index is 4.05. The van der Waals surface area contributed by atoms with Gasteiger partial charge in [0.15, 0.2) is 0 Å². The second-order valence-corrected chi connectivity index (χ2v) is 5.26. The summed E-state index contributed by atoms with van der Waals surface area (Å²) in [5, 5.41) is 1.61. The second kappa shape index (κ2) is 7.41. The highest BCUT2D eigenvalue weighted by molar-refractivity contribution is 7.52. The fourth-order valence-electron chi connectivity index (χ4n) is 1.20. The van der Waals surface area contributed by atoms with E-state index in [2.05, 4.69) is 0 Å². The molecule has 0 radical (unpaired) electrons. The molecule has 0 spiro atoms. The van der Waals surface area contributed by atoms with E-state index in [-0.39, 0.29) is 6.16 Å². The van der Waals surface area contributed by atoms with E-state index in [0.29, 0.717) is 19.5 Å². The van der Waals surface area contributed by atoms with Crippen LogP contribution >= 0.6 is 7.60 Å². The first-order valence-electron chi connectivity index (χ1n) is 5.32. The molecule has 0 aromatic carbocycles. The topological polar surface area (TPSA) is 49.8 Å². The number of hydroxylamine groups is 2. The van der Waals surface area contributed by atoms with Gasteiger partial charge < -0.3 is 4.89 Å². The minimum Gasteiger partial charge on any atom is -0.323 e. The summed E-state index contributed by atoms with van der Waals surface area (Å²) in [6.07, 6.45) is 2.75. The first kappa shape index (κ1) is 14.1. The van der Waals surface area contributed by atoms with Crippen LogP contribution in [0.15, 0.2) is 0 Å². The molecule has 0 aliphatic heterocycles. The van der Waals surface area contributed by atoms with Gasteiger partial charge in [-0.3, -0.25) is 4.57 Å². The Morgan fingerprint density at radius 1 is 1.14 bits per heavy atom. The molecule has 0 heterocycles. The molecule has 4 nitrogen and oxygen atoms in total. The zero-order valence-corrected chi connectivity index (χ0v) is 10.3. The molecule has 0 aromatic rings. The van der Waals surface area contributed by atoms with Crippen molar-refractivity contribution in [3.8, 4) is 0 Å². The number of nitrogens with zero attached hydrogens (tertiary/aromatic N) is 1. The molecule has 86 valence electrons. The molecular weight excluding hydrogens is 201 g/mol. The molecule has 0 saturated carbocycles. The summed E-state index contributed by atoms with van der Waals surface area (Å²) in [6, 6.07) is 0. The van der Waals surface area contributed by atoms with Gasteiger partial charge in [-0.15, -0.1) is 0 Å². The van der Waals surface area contributed by atoms with Crippen LogP contribution in [-0.2, 0) is 9.19 Å². The molecular formula is C9H22NO3P. The molecule has 0 rings (SSSR count). The predicted octanol–water partition coefficient (Wildman–Crippen LogP) is 2.64. The third-order valence-electron chi connectivity index (χ3n) is 1.70. The SMILES string of the molecule is CCCN(CCC)OP(=O)(O)CCC. The van der Waals surface area contributed by atoms with Crippen LogP contribution in [-0.4, -0.2) is 29.2 Å². The van der Waals surface area contributed by atoms with Crippen molar-refractivity contribution in [2.24, 2.45) is 0 Å². The lowest BCUT2D eigenvalue weighted by Crippen LogP contribution is -2.25. The molecule has 0 saturated heterocycles. The molecule has 0 bridgehead atoms. The number of hydrogen-bond acceptors (Lipinski definition) is 3. The van der Waals surface area contributed by atoms with Crippen molar-refractivity contribution in [2.45, 2.75) is 40.0 Å². The zero-order chi connectivity index (χ0) is 11.0. The Bertz CT molecular complexity index is 181. The molecule has 0 amide bonds. The minimum absolute atomic E-state index is 0.233. The summed E-state index contributed by atoms with van der Waals surface area (Å²) in [7, 11) is -3.38. The third-order valence-corrected chi connectivity index (χ3v) is 3.19. The molecule has 1 unspecified atom stereocenters. The van der Waals surface area contributed by atoms with Crippen LogP contribution in [0, 0.1) is 0 Å². The third kappa shape index (κ3) is 6.55. The fraction of sp³-hybridized carbons (Fsp3) is 1.00. The van der Waals surface area contributed by atoms with Gasteiger partial charge in [-0.2, -0.15) is 5.06 Å². The molecule has 5 heteroatoms. The van der Waals surface area contributed by atoms with Gasteiger partial charge in [0.05, 0.1) is 6.16 Å². The van der Waals surface area contributed by atoms with Gasteiger partial charge in [-0.1, -0.05) is 20.8 Å². The standard InChI is InChI=1S/C9H22NO3P/c1-4-7-10(8-5-2)13-14(11,12)9-6-3/h4-9H2,1-3H3,(H,11,12). The monoisotopic (exact) mass is 223 g/mol. The summed E-state index contributed by atoms with van der Waals surface area (Å²) in [6.45, 7) is 7.34. The van der Waals surface area contributed by atoms with Crippen molar-refractivity contribution in [2.75, 3.05) is 19.3 Å². The van der Waals surface area contributed by atoms with Crippen molar-refractivity contribution < 1.29 is 14.1 Å². The normalized spacial score (nSPS) is 15.8. The summed E-state index contributed by atoms with van der Waals surface area (Å²) >= 11 is 0. The maximum absolute atomic E-state index is 11.5. The molecule has 1 atom stereocenters. The van der Waals surface area contributed by atoms with Crippen molar-refractivity contribution in [3.63, 3.8) is 0 Å². The fourth-order valence-corrected chi connectivity index (χ4v) is 2.37. The van der Waals surface area contributed by atoms with Crippen molar-refractivity contribution in [1.29, 1.82) is 0 Å². The van der Waals surface area contributed by atoms with Gasteiger partial charge in [-0.25, -0.2) is 4.62 Å². The Kier molecular flexibility index (Phi) is 7.47. The van der Waals surface area contributed by atoms with E-state index < -0.39 is 7.60 Å². The average Bonchev–Trinajstić information content (AvgIpc) is 2.03. The van der Waals surface area contributed by atoms with Crippen LogP contribution in [0.2, 0.25) is 0 Å². The minimum atomic E-state index is -3.38. The molecule has 14 heavy (non-hydrogen) atoms. The van der Waals surface area contributed by atoms with E-state index in [1.807, 2.05) is 20.8 Å². The Labute approximate surface area is 86.7 Å². The second-order valence-electron chi connectivity index (χ2n) is 3.37. The highest BCUT2D eigenvalue weighted by Crippen LogP contribution is 2.43. The van der Waals surface area contributed by atoms with Crippen molar-refractivity contribution in [3.05, 3.63) is 0 Å². The van der Waals surface area contributed by atoms with E-state index in [1.54, 1.807) is 5.06 Å². The molecule has 1 N–H and O–H groups in total. The summed E-state index contributed by atoms with van der Waals surface area (Å²) < 4.78 is 16.6. The Morgan fingerprint density at radius 2 is 1.64 bits per heavy atom. The van der Waals surface area contributed by atoms with E-state index in [9.17, 15) is 9.46 Å². The van der Waals surface area contributed by atoms with E-state index in [0.717, 1.165) is 12.8 Å². The summed E-state index contributed by atoms with van der Waals surface area (Å²) in [5.74, 6) is 0. The van der Waals surface area contributed by atoms with Crippen LogP contribution in [0.3, 0.4) is 0 Å². The van der Waals surface area contributed by atoms with Crippen LogP contribution in [0.4, 0.5) is 0 Å². The van der Waals surface area contributed by atoms with Crippen LogP contribution in [0.25, 0.3) is 0 Å². The number of hydrogen-bond donors (Lipinski definition) is 1. The number of rotatable bonds is 8. The van der Waals surface area contributed by atoms with Gasteiger partial charge in [-0.05, 0) is 19.3 Å². The molecule has 0 aliphatic rings. The first-order chi connectivity index (χ1) is 6.55. The smallest absolute Gasteiger partial charge is 0.323 e. The largest absolute Gasteiger partial charge is 0.344 e. The lowest BCUT2D eigenvalue weighted by molar-refractivity contribution is -0.0665. The van der Waals surface area contributed by atoms with Gasteiger partial charge in [0.25, 0.3) is 0 Å². The zero-order valence-electron chi connectivity index (χ0n) is 9.40. The first-order valence-corrected chi connectivity index (χ1v) is 7.08. The highest BCUT2D eigenvalue weighted by atomic mass is 31.2. The molecule has 0 fully saturated rings. The van der Waals surface area contributed by atoms with Crippen molar-refractivity contribution in [1.82, 2.24) is 5.06 Å². The van der Waals surface area contributed by atoms with Gasteiger partial charge in [0.1, 0.15) is 0 Å². The van der Waals surface area contributed by atoms with E-state index in [1.165, 1.54) is 0 Å². The lowest BCUT2D eigenvalue weighted by Gasteiger charge is -2.23. The van der Waals surface area contributed by atoms with E-state index in [4.69, 9.17) is 4.62 Å². The predicted molar refractivity (Wildman–Crippen MR) is 58.2 cm³/mol. The Hall–Kier alpha value is 0.110. The summed E-state index contributed by atoms with van der Waals surface area (Å²) in [5.41, 5.74) is 0. The van der Waals surface area contributed by atoms with Crippen molar-refractivity contribution >= 4 is 7.60 Å². The average molecular weight is 223 g/mol. The van der Waals surface area contributed by atoms with Gasteiger partial charge in [0, 0.05) is 13.1 Å². The van der Waals surface area contributed by atoms with Gasteiger partial charge >= 0.3 is 7.60 Å². The molecule has 0 aromatic heterocycles. The van der Waals surface area contributed by atoms with Crippen LogP contribution in [0.5, 0.6) is 0 Å². The van der Waals surface area contributed by atoms with E-state index >= 15 is 0 Å². The Morgan fingerprint density at radius 3 is 2.00 bits per heavy atom.